The molecule has 0 bridgehead atoms. The first-order valence-corrected chi connectivity index (χ1v) is 12.1. The average molecular weight is 471 g/mol. The predicted molar refractivity (Wildman–Crippen MR) is 135 cm³/mol. The standard InChI is InChI=1S/C29H30N2O4/c1-34-25-12-5-13-26-24(25)20-21(23-11-6-16-30-27(23)35-26)8-7-17-31-18-14-29(15-19-31,28(32)33)22-9-3-2-4-10-22/h2-6,8-13,16H,7,14-15,17-20H2,1H3,(H,32,33). The molecule has 1 aromatic heterocycles. The van der Waals surface area contributed by atoms with Crippen LogP contribution in [0.25, 0.3) is 5.57 Å². The molecule has 0 aliphatic carbocycles. The number of hydrogen-bond acceptors (Lipinski definition) is 5. The molecule has 0 spiro atoms. The van der Waals surface area contributed by atoms with E-state index in [9.17, 15) is 9.90 Å². The second-order valence-corrected chi connectivity index (χ2v) is 9.18. The van der Waals surface area contributed by atoms with Crippen molar-refractivity contribution in [2.75, 3.05) is 26.7 Å². The number of aliphatic carboxylic acids is 1. The second-order valence-electron chi connectivity index (χ2n) is 9.18. The summed E-state index contributed by atoms with van der Waals surface area (Å²) < 4.78 is 11.8. The topological polar surface area (TPSA) is 71.9 Å². The molecule has 3 heterocycles. The molecule has 2 aliphatic heterocycles. The monoisotopic (exact) mass is 470 g/mol. The summed E-state index contributed by atoms with van der Waals surface area (Å²) in [6.45, 7) is 2.41. The third-order valence-corrected chi connectivity index (χ3v) is 7.28. The molecule has 1 saturated heterocycles. The van der Waals surface area contributed by atoms with Gasteiger partial charge in [0.05, 0.1) is 12.5 Å². The van der Waals surface area contributed by atoms with Crippen molar-refractivity contribution in [3.05, 3.63) is 89.6 Å². The van der Waals surface area contributed by atoms with E-state index in [-0.39, 0.29) is 0 Å². The minimum absolute atomic E-state index is 0.609. The van der Waals surface area contributed by atoms with Crippen molar-refractivity contribution in [1.29, 1.82) is 0 Å². The summed E-state index contributed by atoms with van der Waals surface area (Å²) in [6.07, 6.45) is 6.81. The first kappa shape index (κ1) is 23.1. The van der Waals surface area contributed by atoms with E-state index >= 15 is 0 Å². The number of piperidine rings is 1. The Kier molecular flexibility index (Phi) is 6.55. The van der Waals surface area contributed by atoms with Crippen LogP contribution in [0.15, 0.2) is 72.9 Å². The van der Waals surface area contributed by atoms with Crippen LogP contribution in [0, 0.1) is 0 Å². The van der Waals surface area contributed by atoms with Gasteiger partial charge in [0.25, 0.3) is 0 Å². The van der Waals surface area contributed by atoms with Gasteiger partial charge in [-0.15, -0.1) is 0 Å². The second kappa shape index (κ2) is 9.92. The maximum absolute atomic E-state index is 12.3. The highest BCUT2D eigenvalue weighted by Crippen LogP contribution is 2.41. The van der Waals surface area contributed by atoms with Crippen LogP contribution in [-0.2, 0) is 16.6 Å². The van der Waals surface area contributed by atoms with Gasteiger partial charge in [-0.3, -0.25) is 4.79 Å². The summed E-state index contributed by atoms with van der Waals surface area (Å²) in [5.41, 5.74) is 3.30. The van der Waals surface area contributed by atoms with E-state index in [0.717, 1.165) is 59.8 Å². The first-order chi connectivity index (χ1) is 17.1. The number of methoxy groups -OCH3 is 1. The van der Waals surface area contributed by atoms with Crippen LogP contribution in [0.3, 0.4) is 0 Å². The van der Waals surface area contributed by atoms with Gasteiger partial charge in [0.15, 0.2) is 0 Å². The van der Waals surface area contributed by atoms with E-state index < -0.39 is 11.4 Å². The zero-order valence-electron chi connectivity index (χ0n) is 19.9. The molecule has 2 aliphatic rings. The Morgan fingerprint density at radius 3 is 2.66 bits per heavy atom. The third-order valence-electron chi connectivity index (χ3n) is 7.28. The molecular weight excluding hydrogens is 440 g/mol. The van der Waals surface area contributed by atoms with Gasteiger partial charge in [-0.2, -0.15) is 0 Å². The zero-order valence-corrected chi connectivity index (χ0v) is 19.9. The van der Waals surface area contributed by atoms with Crippen molar-refractivity contribution >= 4 is 11.5 Å². The molecular formula is C29H30N2O4. The highest BCUT2D eigenvalue weighted by molar-refractivity contribution is 5.81. The fraction of sp³-hybridized carbons (Fsp3) is 0.310. The number of likely N-dealkylation sites (tertiary alicyclic amines) is 1. The van der Waals surface area contributed by atoms with Crippen LogP contribution >= 0.6 is 0 Å². The van der Waals surface area contributed by atoms with Gasteiger partial charge in [0.2, 0.25) is 5.88 Å². The van der Waals surface area contributed by atoms with Crippen molar-refractivity contribution in [3.63, 3.8) is 0 Å². The van der Waals surface area contributed by atoms with E-state index in [1.54, 1.807) is 13.3 Å². The smallest absolute Gasteiger partial charge is 0.314 e. The lowest BCUT2D eigenvalue weighted by Gasteiger charge is -2.39. The predicted octanol–water partition coefficient (Wildman–Crippen LogP) is 5.33. The van der Waals surface area contributed by atoms with Gasteiger partial charge in [0.1, 0.15) is 11.5 Å². The molecule has 3 aromatic rings. The highest BCUT2D eigenvalue weighted by Gasteiger charge is 2.42. The minimum atomic E-state index is -0.792. The molecule has 5 rings (SSSR count). The molecule has 35 heavy (non-hydrogen) atoms. The zero-order chi connectivity index (χ0) is 24.3. The summed E-state index contributed by atoms with van der Waals surface area (Å²) in [5, 5.41) is 10.1. The van der Waals surface area contributed by atoms with Crippen LogP contribution in [0.5, 0.6) is 17.4 Å². The SMILES string of the molecule is COc1cccc2c1CC(=CCCN1CCC(C(=O)O)(c3ccccc3)CC1)c1cccnc1O2. The van der Waals surface area contributed by atoms with E-state index in [2.05, 4.69) is 22.0 Å². The highest BCUT2D eigenvalue weighted by atomic mass is 16.5. The number of aromatic nitrogens is 1. The van der Waals surface area contributed by atoms with E-state index in [1.165, 1.54) is 0 Å². The minimum Gasteiger partial charge on any atom is -0.496 e. The van der Waals surface area contributed by atoms with Crippen LogP contribution < -0.4 is 9.47 Å². The number of carboxylic acid groups (broad SMARTS) is 1. The molecule has 6 nitrogen and oxygen atoms in total. The maximum atomic E-state index is 12.3. The fourth-order valence-electron chi connectivity index (χ4n) is 5.26. The van der Waals surface area contributed by atoms with Crippen LogP contribution in [-0.4, -0.2) is 47.7 Å². The molecule has 1 N–H and O–H groups in total. The molecule has 6 heteroatoms. The van der Waals surface area contributed by atoms with Gasteiger partial charge >= 0.3 is 5.97 Å². The number of rotatable bonds is 6. The Bertz CT molecular complexity index is 1230. The van der Waals surface area contributed by atoms with Gasteiger partial charge < -0.3 is 19.5 Å². The van der Waals surface area contributed by atoms with E-state index in [1.807, 2.05) is 54.6 Å². The molecule has 0 saturated carbocycles. The number of ether oxygens (including phenoxy) is 2. The molecule has 1 fully saturated rings. The fourth-order valence-corrected chi connectivity index (χ4v) is 5.26. The summed E-state index contributed by atoms with van der Waals surface area (Å²) in [6, 6.07) is 19.5. The summed E-state index contributed by atoms with van der Waals surface area (Å²) in [7, 11) is 1.68. The van der Waals surface area contributed by atoms with Crippen LogP contribution in [0.4, 0.5) is 0 Å². The third kappa shape index (κ3) is 4.54. The Hall–Kier alpha value is -3.64. The molecule has 0 amide bonds. The summed E-state index contributed by atoms with van der Waals surface area (Å²) in [5.74, 6) is 1.47. The largest absolute Gasteiger partial charge is 0.496 e. The number of nitrogens with zero attached hydrogens (tertiary/aromatic N) is 2. The van der Waals surface area contributed by atoms with Crippen molar-refractivity contribution in [2.24, 2.45) is 0 Å². The van der Waals surface area contributed by atoms with E-state index in [0.29, 0.717) is 25.1 Å². The normalized spacial score (nSPS) is 18.1. The number of carbonyl (C=O) groups is 1. The molecule has 2 aromatic carbocycles. The van der Waals surface area contributed by atoms with Gasteiger partial charge in [-0.25, -0.2) is 4.98 Å². The number of pyridine rings is 1. The van der Waals surface area contributed by atoms with Crippen LogP contribution in [0.2, 0.25) is 0 Å². The van der Waals surface area contributed by atoms with Gasteiger partial charge in [0, 0.05) is 30.3 Å². The van der Waals surface area contributed by atoms with Gasteiger partial charge in [-0.05, 0) is 67.8 Å². The Balaban J connectivity index is 1.31. The Morgan fingerprint density at radius 1 is 1.11 bits per heavy atom. The maximum Gasteiger partial charge on any atom is 0.314 e. The summed E-state index contributed by atoms with van der Waals surface area (Å²) >= 11 is 0. The van der Waals surface area contributed by atoms with E-state index in [4.69, 9.17) is 9.47 Å². The first-order valence-electron chi connectivity index (χ1n) is 12.1. The Morgan fingerprint density at radius 2 is 1.91 bits per heavy atom. The number of hydrogen-bond donors (Lipinski definition) is 1. The van der Waals surface area contributed by atoms with Crippen LogP contribution in [0.1, 0.15) is 36.0 Å². The van der Waals surface area contributed by atoms with Crippen molar-refractivity contribution in [1.82, 2.24) is 9.88 Å². The number of benzene rings is 2. The van der Waals surface area contributed by atoms with Gasteiger partial charge in [-0.1, -0.05) is 42.5 Å². The van der Waals surface area contributed by atoms with Crippen molar-refractivity contribution in [2.45, 2.75) is 31.1 Å². The average Bonchev–Trinajstić information content (AvgIpc) is 3.06. The number of fused-ring (bicyclic) bond motifs is 2. The lowest BCUT2D eigenvalue weighted by Crippen LogP contribution is -2.47. The van der Waals surface area contributed by atoms with Crippen molar-refractivity contribution in [3.8, 4) is 17.4 Å². The van der Waals surface area contributed by atoms with Crippen molar-refractivity contribution < 1.29 is 19.4 Å². The molecule has 180 valence electrons. The Labute approximate surface area is 205 Å². The molecule has 0 unspecified atom stereocenters. The number of allylic oxidation sites excluding steroid dienone is 1. The lowest BCUT2D eigenvalue weighted by atomic mass is 9.73. The lowest BCUT2D eigenvalue weighted by molar-refractivity contribution is -0.146. The molecule has 0 radical (unpaired) electrons. The number of carboxylic acids is 1. The summed E-state index contributed by atoms with van der Waals surface area (Å²) in [4.78, 5) is 19.1. The molecule has 0 atom stereocenters. The quantitative estimate of drug-likeness (QED) is 0.525.